The minimum absolute atomic E-state index is 0.558. The number of piperidine rings is 1. The Balaban J connectivity index is 0.000000314. The summed E-state index contributed by atoms with van der Waals surface area (Å²) in [7, 11) is 0. The van der Waals surface area contributed by atoms with Gasteiger partial charge in [0.1, 0.15) is 5.82 Å². The Morgan fingerprint density at radius 3 is 2.40 bits per heavy atom. The number of carboxylic acids is 2. The van der Waals surface area contributed by atoms with Gasteiger partial charge in [0.25, 0.3) is 0 Å². The highest BCUT2D eigenvalue weighted by Gasteiger charge is 2.21. The number of anilines is 1. The van der Waals surface area contributed by atoms with Crippen molar-refractivity contribution in [3.05, 3.63) is 83.9 Å². The highest BCUT2D eigenvalue weighted by Crippen LogP contribution is 2.31. The zero-order chi connectivity index (χ0) is 24.6. The van der Waals surface area contributed by atoms with E-state index in [0.29, 0.717) is 18.2 Å². The first-order valence-electron chi connectivity index (χ1n) is 11.4. The number of aliphatic carboxylic acids is 2. The van der Waals surface area contributed by atoms with E-state index in [1.165, 1.54) is 26.4 Å². The average Bonchev–Trinajstić information content (AvgIpc) is 3.36. The average molecular weight is 490 g/mol. The van der Waals surface area contributed by atoms with Crippen LogP contribution in [0.15, 0.2) is 78.3 Å². The summed E-state index contributed by atoms with van der Waals surface area (Å²) < 4.78 is 1.32. The van der Waals surface area contributed by atoms with Gasteiger partial charge in [0.05, 0.1) is 4.70 Å². The predicted octanol–water partition coefficient (Wildman–Crippen LogP) is 4.92. The van der Waals surface area contributed by atoms with Crippen LogP contribution in [0.2, 0.25) is 0 Å². The van der Waals surface area contributed by atoms with E-state index in [0.717, 1.165) is 38.3 Å². The molecule has 0 radical (unpaired) electrons. The number of carbonyl (C=O) groups is 2. The van der Waals surface area contributed by atoms with E-state index in [1.54, 1.807) is 11.3 Å². The van der Waals surface area contributed by atoms with Crippen LogP contribution in [-0.2, 0) is 16.1 Å². The molecule has 1 saturated heterocycles. The van der Waals surface area contributed by atoms with Crippen LogP contribution in [0, 0.1) is 0 Å². The minimum atomic E-state index is -1.26. The summed E-state index contributed by atoms with van der Waals surface area (Å²) in [6, 6.07) is 20.2. The van der Waals surface area contributed by atoms with Crippen molar-refractivity contribution in [3.8, 4) is 0 Å². The second-order valence-corrected chi connectivity index (χ2v) is 9.22. The van der Waals surface area contributed by atoms with Gasteiger partial charge in [-0.3, -0.25) is 0 Å². The number of nitrogens with one attached hydrogen (secondary N) is 1. The molecule has 5 rings (SSSR count). The Kier molecular flexibility index (Phi) is 8.07. The molecule has 0 unspecified atom stereocenters. The van der Waals surface area contributed by atoms with E-state index in [4.69, 9.17) is 10.2 Å². The highest BCUT2D eigenvalue weighted by atomic mass is 32.1. The maximum atomic E-state index is 9.55. The molecule has 0 atom stereocenters. The van der Waals surface area contributed by atoms with Crippen molar-refractivity contribution >= 4 is 50.0 Å². The molecule has 7 nitrogen and oxygen atoms in total. The summed E-state index contributed by atoms with van der Waals surface area (Å²) in [4.78, 5) is 26.2. The topological polar surface area (TPSA) is 103 Å². The third-order valence-electron chi connectivity index (χ3n) is 5.92. The van der Waals surface area contributed by atoms with Gasteiger partial charge in [0.2, 0.25) is 0 Å². The third-order valence-corrected chi connectivity index (χ3v) is 6.85. The fourth-order valence-corrected chi connectivity index (χ4v) is 5.06. The molecular weight excluding hydrogens is 462 g/mol. The molecule has 1 aliphatic rings. The van der Waals surface area contributed by atoms with Gasteiger partial charge < -0.3 is 20.4 Å². The summed E-state index contributed by atoms with van der Waals surface area (Å²) in [6.07, 6.45) is 5.38. The zero-order valence-electron chi connectivity index (χ0n) is 19.1. The molecule has 0 aliphatic carbocycles. The lowest BCUT2D eigenvalue weighted by atomic mass is 10.0. The van der Waals surface area contributed by atoms with Crippen LogP contribution in [0.4, 0.5) is 5.82 Å². The van der Waals surface area contributed by atoms with Crippen LogP contribution in [0.25, 0.3) is 20.9 Å². The molecular formula is C27H27N3O4S. The number of benzene rings is 2. The SMILES string of the molecule is O=C(O)C=CC(=O)O.c1ccc2cc(CNC3CCN(c4nccc5ccsc45)CC3)ccc2c1. The molecule has 3 heterocycles. The molecule has 0 bridgehead atoms. The van der Waals surface area contributed by atoms with Crippen molar-refractivity contribution in [2.45, 2.75) is 25.4 Å². The normalized spacial score (nSPS) is 14.2. The summed E-state index contributed by atoms with van der Waals surface area (Å²) in [6.45, 7) is 3.08. The van der Waals surface area contributed by atoms with E-state index >= 15 is 0 Å². The van der Waals surface area contributed by atoms with Crippen LogP contribution in [0.5, 0.6) is 0 Å². The van der Waals surface area contributed by atoms with Gasteiger partial charge in [0, 0.05) is 44.0 Å². The van der Waals surface area contributed by atoms with Crippen LogP contribution >= 0.6 is 11.3 Å². The molecule has 4 aromatic rings. The predicted molar refractivity (Wildman–Crippen MR) is 140 cm³/mol. The van der Waals surface area contributed by atoms with Gasteiger partial charge in [0.15, 0.2) is 0 Å². The van der Waals surface area contributed by atoms with Gasteiger partial charge in [-0.1, -0.05) is 36.4 Å². The molecule has 35 heavy (non-hydrogen) atoms. The van der Waals surface area contributed by atoms with Crippen LogP contribution in [0.3, 0.4) is 0 Å². The summed E-state index contributed by atoms with van der Waals surface area (Å²) in [5.74, 6) is -1.35. The highest BCUT2D eigenvalue weighted by molar-refractivity contribution is 7.17. The Bertz CT molecular complexity index is 1330. The molecule has 2 aromatic heterocycles. The minimum Gasteiger partial charge on any atom is -0.478 e. The van der Waals surface area contributed by atoms with Crippen molar-refractivity contribution in [2.24, 2.45) is 0 Å². The number of fused-ring (bicyclic) bond motifs is 2. The third kappa shape index (κ3) is 6.65. The lowest BCUT2D eigenvalue weighted by molar-refractivity contribution is -0.134. The van der Waals surface area contributed by atoms with Crippen LogP contribution in [0.1, 0.15) is 18.4 Å². The summed E-state index contributed by atoms with van der Waals surface area (Å²) in [5, 5.41) is 25.5. The fourth-order valence-electron chi connectivity index (χ4n) is 4.15. The number of hydrogen-bond donors (Lipinski definition) is 3. The largest absolute Gasteiger partial charge is 0.478 e. The van der Waals surface area contributed by atoms with Gasteiger partial charge in [-0.15, -0.1) is 11.3 Å². The molecule has 2 aromatic carbocycles. The standard InChI is InChI=1S/C23H23N3S.C4H4O4/c1-2-4-20-15-17(5-6-18(20)3-1)16-25-21-8-12-26(13-9-21)23-22-19(7-11-24-23)10-14-27-22;5-3(6)1-2-4(7)8/h1-7,10-11,14-15,21,25H,8-9,12-13,16H2;1-2H,(H,5,6)(H,7,8). The van der Waals surface area contributed by atoms with E-state index in [9.17, 15) is 9.59 Å². The van der Waals surface area contributed by atoms with Gasteiger partial charge in [-0.05, 0) is 58.1 Å². The van der Waals surface area contributed by atoms with Gasteiger partial charge >= 0.3 is 11.9 Å². The zero-order valence-corrected chi connectivity index (χ0v) is 19.9. The van der Waals surface area contributed by atoms with Crippen molar-refractivity contribution in [3.63, 3.8) is 0 Å². The Morgan fingerprint density at radius 1 is 0.971 bits per heavy atom. The number of carboxylic acid groups (broad SMARTS) is 2. The smallest absolute Gasteiger partial charge is 0.328 e. The van der Waals surface area contributed by atoms with Crippen LogP contribution in [-0.4, -0.2) is 46.3 Å². The monoisotopic (exact) mass is 489 g/mol. The lowest BCUT2D eigenvalue weighted by Gasteiger charge is -2.33. The first-order chi connectivity index (χ1) is 17.0. The van der Waals surface area contributed by atoms with Gasteiger partial charge in [-0.2, -0.15) is 0 Å². The maximum Gasteiger partial charge on any atom is 0.328 e. The number of thiophene rings is 1. The lowest BCUT2D eigenvalue weighted by Crippen LogP contribution is -2.42. The van der Waals surface area contributed by atoms with Crippen LogP contribution < -0.4 is 10.2 Å². The Morgan fingerprint density at radius 2 is 1.69 bits per heavy atom. The molecule has 0 spiro atoms. The maximum absolute atomic E-state index is 9.55. The number of nitrogens with zero attached hydrogens (tertiary/aromatic N) is 2. The molecule has 0 saturated carbocycles. The van der Waals surface area contributed by atoms with E-state index < -0.39 is 11.9 Å². The first kappa shape index (κ1) is 24.4. The van der Waals surface area contributed by atoms with E-state index in [-0.39, 0.29) is 0 Å². The van der Waals surface area contributed by atoms with E-state index in [1.807, 2.05) is 6.20 Å². The number of hydrogen-bond acceptors (Lipinski definition) is 6. The van der Waals surface area contributed by atoms with Crippen molar-refractivity contribution in [1.82, 2.24) is 10.3 Å². The number of pyridine rings is 1. The number of aromatic nitrogens is 1. The molecule has 1 aliphatic heterocycles. The summed E-state index contributed by atoms with van der Waals surface area (Å²) >= 11 is 1.80. The quantitative estimate of drug-likeness (QED) is 0.330. The molecule has 8 heteroatoms. The van der Waals surface area contributed by atoms with Crippen molar-refractivity contribution < 1.29 is 19.8 Å². The van der Waals surface area contributed by atoms with Gasteiger partial charge in [-0.25, -0.2) is 14.6 Å². The summed E-state index contributed by atoms with van der Waals surface area (Å²) in [5.41, 5.74) is 1.36. The van der Waals surface area contributed by atoms with E-state index in [2.05, 4.69) is 75.2 Å². The fraction of sp³-hybridized carbons (Fsp3) is 0.222. The molecule has 0 amide bonds. The molecule has 3 N–H and O–H groups in total. The van der Waals surface area contributed by atoms with Crippen molar-refractivity contribution in [1.29, 1.82) is 0 Å². The van der Waals surface area contributed by atoms with Crippen molar-refractivity contribution in [2.75, 3.05) is 18.0 Å². The number of rotatable bonds is 6. The Hall–Kier alpha value is -3.75. The molecule has 1 fully saturated rings. The second-order valence-electron chi connectivity index (χ2n) is 8.31. The first-order valence-corrected chi connectivity index (χ1v) is 12.3. The molecule has 180 valence electrons. The second kappa shape index (κ2) is 11.6. The Labute approximate surface area is 207 Å².